The Labute approximate surface area is 154 Å². The lowest BCUT2D eigenvalue weighted by Gasteiger charge is -2.17. The summed E-state index contributed by atoms with van der Waals surface area (Å²) in [5.41, 5.74) is 0.956. The lowest BCUT2D eigenvalue weighted by Crippen LogP contribution is -2.34. The molecule has 0 aliphatic carbocycles. The molecule has 0 saturated carbocycles. The van der Waals surface area contributed by atoms with Crippen LogP contribution in [0.5, 0.6) is 0 Å². The Kier molecular flexibility index (Phi) is 4.15. The number of benzene rings is 1. The maximum Gasteiger partial charge on any atom is 0.332 e. The van der Waals surface area contributed by atoms with E-state index in [4.69, 9.17) is 5.11 Å². The van der Waals surface area contributed by atoms with E-state index in [-0.39, 0.29) is 30.8 Å². The van der Waals surface area contributed by atoms with Crippen molar-refractivity contribution in [2.45, 2.75) is 18.9 Å². The van der Waals surface area contributed by atoms with Gasteiger partial charge in [0.15, 0.2) is 0 Å². The molecule has 1 unspecified atom stereocenters. The molecule has 9 heteroatoms. The highest BCUT2D eigenvalue weighted by Gasteiger charge is 2.48. The number of hydrogen-bond acceptors (Lipinski definition) is 6. The Morgan fingerprint density at radius 3 is 2.74 bits per heavy atom. The molecule has 1 aromatic carbocycles. The second-order valence-electron chi connectivity index (χ2n) is 6.56. The first-order valence-electron chi connectivity index (χ1n) is 8.71. The number of urea groups is 1. The van der Waals surface area contributed by atoms with E-state index >= 15 is 0 Å². The van der Waals surface area contributed by atoms with Crippen LogP contribution in [-0.2, 0) is 14.4 Å². The second-order valence-corrected chi connectivity index (χ2v) is 6.56. The smallest absolute Gasteiger partial charge is 0.332 e. The number of amides is 5. The number of carbonyl (C=O) groups is 4. The normalized spacial score (nSPS) is 22.0. The standard InChI is InChI=1S/C18H18N4O5/c23-8-7-21-15(24)10-13(16(21)25)19-11-3-1-4-12(9-11)22-17(26)14-5-2-6-20(14)18(22)27/h1,3-4,9-10,14,19,23H,2,5-8H2. The summed E-state index contributed by atoms with van der Waals surface area (Å²) in [7, 11) is 0. The number of imide groups is 2. The third kappa shape index (κ3) is 2.76. The number of aliphatic hydroxyl groups is 1. The van der Waals surface area contributed by atoms with Crippen molar-refractivity contribution < 1.29 is 24.3 Å². The van der Waals surface area contributed by atoms with Crippen LogP contribution in [0.4, 0.5) is 16.2 Å². The van der Waals surface area contributed by atoms with Crippen LogP contribution < -0.4 is 10.2 Å². The van der Waals surface area contributed by atoms with Crippen molar-refractivity contribution >= 4 is 35.1 Å². The number of fused-ring (bicyclic) bond motifs is 1. The molecule has 0 spiro atoms. The third-order valence-electron chi connectivity index (χ3n) is 4.91. The van der Waals surface area contributed by atoms with Gasteiger partial charge in [0.2, 0.25) is 0 Å². The van der Waals surface area contributed by atoms with Crippen molar-refractivity contribution in [3.05, 3.63) is 36.0 Å². The maximum absolute atomic E-state index is 12.6. The highest BCUT2D eigenvalue weighted by atomic mass is 16.3. The van der Waals surface area contributed by atoms with Crippen LogP contribution >= 0.6 is 0 Å². The average Bonchev–Trinajstić information content (AvgIpc) is 3.29. The SMILES string of the molecule is O=C1C=C(Nc2cccc(N3C(=O)C4CCCN4C3=O)c2)C(=O)N1CCO. The van der Waals surface area contributed by atoms with E-state index in [9.17, 15) is 19.2 Å². The molecule has 9 nitrogen and oxygen atoms in total. The third-order valence-corrected chi connectivity index (χ3v) is 4.91. The number of carbonyl (C=O) groups excluding carboxylic acids is 4. The van der Waals surface area contributed by atoms with Crippen LogP contribution in [0.15, 0.2) is 36.0 Å². The van der Waals surface area contributed by atoms with Crippen molar-refractivity contribution in [1.82, 2.24) is 9.80 Å². The fourth-order valence-electron chi connectivity index (χ4n) is 3.65. The number of rotatable bonds is 5. The van der Waals surface area contributed by atoms with Crippen LogP contribution in [0, 0.1) is 0 Å². The summed E-state index contributed by atoms with van der Waals surface area (Å²) in [5.74, 6) is -1.28. The molecule has 2 saturated heterocycles. The summed E-state index contributed by atoms with van der Waals surface area (Å²) >= 11 is 0. The zero-order valence-corrected chi connectivity index (χ0v) is 14.4. The molecule has 0 radical (unpaired) electrons. The summed E-state index contributed by atoms with van der Waals surface area (Å²) in [6.45, 7) is 0.187. The molecule has 140 valence electrons. The van der Waals surface area contributed by atoms with E-state index in [1.165, 1.54) is 0 Å². The van der Waals surface area contributed by atoms with Crippen molar-refractivity contribution in [2.75, 3.05) is 29.9 Å². The lowest BCUT2D eigenvalue weighted by molar-refractivity contribution is -0.137. The molecular formula is C18H18N4O5. The van der Waals surface area contributed by atoms with E-state index in [2.05, 4.69) is 5.32 Å². The predicted octanol–water partition coefficient (Wildman–Crippen LogP) is 0.274. The molecule has 2 fully saturated rings. The van der Waals surface area contributed by atoms with Crippen molar-refractivity contribution in [3.63, 3.8) is 0 Å². The van der Waals surface area contributed by atoms with Gasteiger partial charge in [0.05, 0.1) is 18.8 Å². The van der Waals surface area contributed by atoms with Gasteiger partial charge in [0.25, 0.3) is 17.7 Å². The van der Waals surface area contributed by atoms with Crippen LogP contribution in [0.25, 0.3) is 0 Å². The lowest BCUT2D eigenvalue weighted by atomic mass is 10.2. The molecule has 3 aliphatic rings. The quantitative estimate of drug-likeness (QED) is 0.569. The van der Waals surface area contributed by atoms with Gasteiger partial charge in [-0.05, 0) is 31.0 Å². The van der Waals surface area contributed by atoms with Gasteiger partial charge >= 0.3 is 6.03 Å². The zero-order valence-electron chi connectivity index (χ0n) is 14.4. The van der Waals surface area contributed by atoms with E-state index < -0.39 is 17.9 Å². The van der Waals surface area contributed by atoms with Gasteiger partial charge < -0.3 is 15.3 Å². The first-order chi connectivity index (χ1) is 13.0. The topological polar surface area (TPSA) is 110 Å². The highest BCUT2D eigenvalue weighted by Crippen LogP contribution is 2.32. The first kappa shape index (κ1) is 17.2. The van der Waals surface area contributed by atoms with Crippen molar-refractivity contribution in [1.29, 1.82) is 0 Å². The van der Waals surface area contributed by atoms with Gasteiger partial charge in [0, 0.05) is 18.3 Å². The Hall–Kier alpha value is -3.20. The van der Waals surface area contributed by atoms with Gasteiger partial charge in [-0.3, -0.25) is 19.3 Å². The predicted molar refractivity (Wildman–Crippen MR) is 94.6 cm³/mol. The molecule has 1 atom stereocenters. The summed E-state index contributed by atoms with van der Waals surface area (Å²) in [5, 5.41) is 11.8. The zero-order chi connectivity index (χ0) is 19.1. The monoisotopic (exact) mass is 370 g/mol. The van der Waals surface area contributed by atoms with Crippen LogP contribution in [0.2, 0.25) is 0 Å². The van der Waals surface area contributed by atoms with E-state index in [1.54, 1.807) is 29.2 Å². The average molecular weight is 370 g/mol. The first-order valence-corrected chi connectivity index (χ1v) is 8.71. The number of nitrogens with one attached hydrogen (secondary N) is 1. The summed E-state index contributed by atoms with van der Waals surface area (Å²) in [4.78, 5) is 52.8. The highest BCUT2D eigenvalue weighted by molar-refractivity contribution is 6.22. The minimum Gasteiger partial charge on any atom is -0.395 e. The van der Waals surface area contributed by atoms with E-state index in [0.29, 0.717) is 24.3 Å². The second kappa shape index (κ2) is 6.51. The van der Waals surface area contributed by atoms with Gasteiger partial charge in [-0.2, -0.15) is 0 Å². The van der Waals surface area contributed by atoms with Crippen LogP contribution in [0.3, 0.4) is 0 Å². The van der Waals surface area contributed by atoms with Gasteiger partial charge in [-0.15, -0.1) is 0 Å². The molecule has 4 rings (SSSR count). The summed E-state index contributed by atoms with van der Waals surface area (Å²) in [6, 6.07) is 5.85. The fraction of sp³-hybridized carbons (Fsp3) is 0.333. The van der Waals surface area contributed by atoms with E-state index in [1.807, 2.05) is 0 Å². The Balaban J connectivity index is 1.55. The van der Waals surface area contributed by atoms with E-state index in [0.717, 1.165) is 22.3 Å². The maximum atomic E-state index is 12.6. The van der Waals surface area contributed by atoms with Crippen LogP contribution in [0.1, 0.15) is 12.8 Å². The number of β-amino-alcohol motifs (C(OH)–C–C–N with tert-alkyl or cyclic N) is 1. The molecule has 2 N–H and O–H groups in total. The molecular weight excluding hydrogens is 352 g/mol. The molecule has 0 aromatic heterocycles. The van der Waals surface area contributed by atoms with Gasteiger partial charge in [0.1, 0.15) is 11.7 Å². The molecule has 5 amide bonds. The van der Waals surface area contributed by atoms with Crippen LogP contribution in [-0.4, -0.2) is 64.4 Å². The minimum atomic E-state index is -0.534. The number of nitrogens with zero attached hydrogens (tertiary/aromatic N) is 3. The van der Waals surface area contributed by atoms with Crippen molar-refractivity contribution in [2.24, 2.45) is 0 Å². The molecule has 1 aromatic rings. The fourth-order valence-corrected chi connectivity index (χ4v) is 3.65. The largest absolute Gasteiger partial charge is 0.395 e. The Morgan fingerprint density at radius 2 is 2.00 bits per heavy atom. The molecule has 0 bridgehead atoms. The molecule has 27 heavy (non-hydrogen) atoms. The van der Waals surface area contributed by atoms with Gasteiger partial charge in [-0.25, -0.2) is 9.69 Å². The molecule has 3 aliphatic heterocycles. The summed E-state index contributed by atoms with van der Waals surface area (Å²) < 4.78 is 0. The van der Waals surface area contributed by atoms with Gasteiger partial charge in [-0.1, -0.05) is 6.07 Å². The number of anilines is 2. The number of hydrogen-bond donors (Lipinski definition) is 2. The van der Waals surface area contributed by atoms with Crippen molar-refractivity contribution in [3.8, 4) is 0 Å². The summed E-state index contributed by atoms with van der Waals surface area (Å²) in [6.07, 6.45) is 2.66. The molecule has 3 heterocycles. The Bertz CT molecular complexity index is 858. The number of aliphatic hydroxyl groups excluding tert-OH is 1. The minimum absolute atomic E-state index is 0.0743. The Morgan fingerprint density at radius 1 is 1.19 bits per heavy atom.